The Morgan fingerprint density at radius 3 is 2.71 bits per heavy atom. The van der Waals surface area contributed by atoms with Crippen LogP contribution in [0.2, 0.25) is 0 Å². The minimum Gasteiger partial charge on any atom is -0.480 e. The monoisotopic (exact) mass is 253 g/mol. The van der Waals surface area contributed by atoms with Gasteiger partial charge in [0.25, 0.3) is 5.91 Å². The molecule has 92 valence electrons. The summed E-state index contributed by atoms with van der Waals surface area (Å²) in [4.78, 5) is 25.9. The molecule has 1 aliphatic heterocycles. The zero-order valence-electron chi connectivity index (χ0n) is 9.90. The first kappa shape index (κ1) is 12.1. The van der Waals surface area contributed by atoms with Gasteiger partial charge in [-0.1, -0.05) is 0 Å². The van der Waals surface area contributed by atoms with E-state index in [1.807, 2.05) is 19.2 Å². The molecule has 2 rings (SSSR count). The van der Waals surface area contributed by atoms with E-state index in [-0.39, 0.29) is 5.91 Å². The highest BCUT2D eigenvalue weighted by Crippen LogP contribution is 2.26. The summed E-state index contributed by atoms with van der Waals surface area (Å²) in [5, 5.41) is 10.9. The predicted octanol–water partition coefficient (Wildman–Crippen LogP) is 2.05. The Bertz CT molecular complexity index is 466. The van der Waals surface area contributed by atoms with Crippen LogP contribution in [0.3, 0.4) is 0 Å². The van der Waals surface area contributed by atoms with Crippen molar-refractivity contribution in [3.05, 3.63) is 21.4 Å². The molecule has 5 heteroatoms. The fraction of sp³-hybridized carbons (Fsp3) is 0.500. The van der Waals surface area contributed by atoms with Crippen molar-refractivity contribution in [3.8, 4) is 0 Å². The lowest BCUT2D eigenvalue weighted by molar-refractivity contribution is -0.141. The van der Waals surface area contributed by atoms with Gasteiger partial charge in [0.2, 0.25) is 0 Å². The lowest BCUT2D eigenvalue weighted by Crippen LogP contribution is -2.40. The van der Waals surface area contributed by atoms with Gasteiger partial charge in [-0.2, -0.15) is 0 Å². The quantitative estimate of drug-likeness (QED) is 0.877. The molecule has 1 amide bonds. The summed E-state index contributed by atoms with van der Waals surface area (Å²) in [6.45, 7) is 4.42. The molecule has 2 heterocycles. The van der Waals surface area contributed by atoms with Crippen molar-refractivity contribution in [1.82, 2.24) is 4.90 Å². The first-order valence-corrected chi connectivity index (χ1v) is 6.48. The zero-order chi connectivity index (χ0) is 12.6. The van der Waals surface area contributed by atoms with Gasteiger partial charge in [0, 0.05) is 16.8 Å². The molecule has 4 nitrogen and oxygen atoms in total. The Kier molecular flexibility index (Phi) is 3.19. The SMILES string of the molecule is Cc1scc(C(=O)N2CCC[C@H]2C(=O)O)c1C. The minimum atomic E-state index is -0.902. The van der Waals surface area contributed by atoms with Gasteiger partial charge in [0.15, 0.2) is 0 Å². The molecule has 1 aromatic heterocycles. The summed E-state index contributed by atoms with van der Waals surface area (Å²) in [6, 6.07) is -0.651. The van der Waals surface area contributed by atoms with Crippen LogP contribution in [-0.4, -0.2) is 34.5 Å². The number of amides is 1. The summed E-state index contributed by atoms with van der Waals surface area (Å²) in [5.41, 5.74) is 1.62. The van der Waals surface area contributed by atoms with Crippen LogP contribution < -0.4 is 0 Å². The van der Waals surface area contributed by atoms with Crippen LogP contribution in [0, 0.1) is 13.8 Å². The number of aliphatic carboxylic acids is 1. The molecule has 0 aromatic carbocycles. The maximum atomic E-state index is 12.3. The van der Waals surface area contributed by atoms with Crippen LogP contribution in [-0.2, 0) is 4.79 Å². The molecule has 0 spiro atoms. The van der Waals surface area contributed by atoms with E-state index in [4.69, 9.17) is 5.11 Å². The zero-order valence-corrected chi connectivity index (χ0v) is 10.7. The molecule has 0 aliphatic carbocycles. The molecule has 1 aromatic rings. The summed E-state index contributed by atoms with van der Waals surface area (Å²) >= 11 is 1.53. The summed E-state index contributed by atoms with van der Waals surface area (Å²) in [5.74, 6) is -1.04. The van der Waals surface area contributed by atoms with Crippen molar-refractivity contribution in [2.75, 3.05) is 6.54 Å². The van der Waals surface area contributed by atoms with Gasteiger partial charge in [-0.05, 0) is 32.3 Å². The second-order valence-electron chi connectivity index (χ2n) is 4.33. The number of carbonyl (C=O) groups excluding carboxylic acids is 1. The number of aryl methyl sites for hydroxylation is 1. The van der Waals surface area contributed by atoms with E-state index in [0.29, 0.717) is 18.5 Å². The maximum absolute atomic E-state index is 12.3. The van der Waals surface area contributed by atoms with Gasteiger partial charge >= 0.3 is 5.97 Å². The molecular weight excluding hydrogens is 238 g/mol. The molecule has 0 radical (unpaired) electrons. The van der Waals surface area contributed by atoms with Crippen LogP contribution in [0.25, 0.3) is 0 Å². The number of carboxylic acids is 1. The van der Waals surface area contributed by atoms with E-state index in [1.165, 1.54) is 16.2 Å². The van der Waals surface area contributed by atoms with Crippen molar-refractivity contribution in [2.45, 2.75) is 32.7 Å². The number of carboxylic acid groups (broad SMARTS) is 1. The summed E-state index contributed by atoms with van der Waals surface area (Å²) < 4.78 is 0. The Hall–Kier alpha value is -1.36. The Balaban J connectivity index is 2.26. The molecule has 1 saturated heterocycles. The van der Waals surface area contributed by atoms with Crippen LogP contribution in [0.15, 0.2) is 5.38 Å². The summed E-state index contributed by atoms with van der Waals surface area (Å²) in [7, 11) is 0. The average Bonchev–Trinajstić information content (AvgIpc) is 2.87. The van der Waals surface area contributed by atoms with Crippen molar-refractivity contribution < 1.29 is 14.7 Å². The fourth-order valence-corrected chi connectivity index (χ4v) is 3.00. The van der Waals surface area contributed by atoms with E-state index in [0.717, 1.165) is 16.9 Å². The standard InChI is InChI=1S/C12H15NO3S/c1-7-8(2)17-6-9(7)11(14)13-5-3-4-10(13)12(15)16/h6,10H,3-5H2,1-2H3,(H,15,16)/t10-/m0/s1. The number of hydrogen-bond donors (Lipinski definition) is 1. The molecule has 0 bridgehead atoms. The number of likely N-dealkylation sites (tertiary alicyclic amines) is 1. The molecule has 1 atom stereocenters. The largest absolute Gasteiger partial charge is 0.480 e. The van der Waals surface area contributed by atoms with Gasteiger partial charge in [0.05, 0.1) is 5.56 Å². The van der Waals surface area contributed by atoms with E-state index in [9.17, 15) is 9.59 Å². The van der Waals surface area contributed by atoms with Gasteiger partial charge in [-0.25, -0.2) is 4.79 Å². The highest BCUT2D eigenvalue weighted by atomic mass is 32.1. The molecule has 0 unspecified atom stereocenters. The smallest absolute Gasteiger partial charge is 0.326 e. The molecule has 1 fully saturated rings. The Morgan fingerprint density at radius 1 is 1.47 bits per heavy atom. The third-order valence-corrected chi connectivity index (χ3v) is 4.33. The number of nitrogens with zero attached hydrogens (tertiary/aromatic N) is 1. The lowest BCUT2D eigenvalue weighted by atomic mass is 10.1. The number of thiophene rings is 1. The van der Waals surface area contributed by atoms with Crippen molar-refractivity contribution in [1.29, 1.82) is 0 Å². The second kappa shape index (κ2) is 4.49. The minimum absolute atomic E-state index is 0.142. The number of hydrogen-bond acceptors (Lipinski definition) is 3. The van der Waals surface area contributed by atoms with Crippen LogP contribution >= 0.6 is 11.3 Å². The molecule has 0 saturated carbocycles. The normalized spacial score (nSPS) is 19.6. The fourth-order valence-electron chi connectivity index (χ4n) is 2.15. The van der Waals surface area contributed by atoms with Crippen LogP contribution in [0.5, 0.6) is 0 Å². The third-order valence-electron chi connectivity index (χ3n) is 3.31. The summed E-state index contributed by atoms with van der Waals surface area (Å²) in [6.07, 6.45) is 1.33. The molecule has 17 heavy (non-hydrogen) atoms. The Morgan fingerprint density at radius 2 is 2.18 bits per heavy atom. The van der Waals surface area contributed by atoms with E-state index in [1.54, 1.807) is 0 Å². The first-order chi connectivity index (χ1) is 8.02. The van der Waals surface area contributed by atoms with Crippen molar-refractivity contribution in [3.63, 3.8) is 0 Å². The van der Waals surface area contributed by atoms with E-state index < -0.39 is 12.0 Å². The predicted molar refractivity (Wildman–Crippen MR) is 65.5 cm³/mol. The highest BCUT2D eigenvalue weighted by molar-refractivity contribution is 7.10. The van der Waals surface area contributed by atoms with Crippen molar-refractivity contribution >= 4 is 23.2 Å². The molecular formula is C12H15NO3S. The number of rotatable bonds is 2. The van der Waals surface area contributed by atoms with Gasteiger partial charge in [0.1, 0.15) is 6.04 Å². The van der Waals surface area contributed by atoms with Gasteiger partial charge < -0.3 is 10.0 Å². The first-order valence-electron chi connectivity index (χ1n) is 5.61. The van der Waals surface area contributed by atoms with Crippen molar-refractivity contribution in [2.24, 2.45) is 0 Å². The topological polar surface area (TPSA) is 57.6 Å². The molecule has 1 aliphatic rings. The maximum Gasteiger partial charge on any atom is 0.326 e. The van der Waals surface area contributed by atoms with Crippen LogP contribution in [0.4, 0.5) is 0 Å². The highest BCUT2D eigenvalue weighted by Gasteiger charge is 2.35. The van der Waals surface area contributed by atoms with E-state index in [2.05, 4.69) is 0 Å². The average molecular weight is 253 g/mol. The second-order valence-corrected chi connectivity index (χ2v) is 5.41. The van der Waals surface area contributed by atoms with Gasteiger partial charge in [-0.3, -0.25) is 4.79 Å². The van der Waals surface area contributed by atoms with Gasteiger partial charge in [-0.15, -0.1) is 11.3 Å². The Labute approximate surface area is 104 Å². The van der Waals surface area contributed by atoms with Crippen LogP contribution in [0.1, 0.15) is 33.6 Å². The lowest BCUT2D eigenvalue weighted by Gasteiger charge is -2.21. The third kappa shape index (κ3) is 2.07. The van der Waals surface area contributed by atoms with E-state index >= 15 is 0 Å². The molecule has 1 N–H and O–H groups in total. The number of carbonyl (C=O) groups is 2.